The number of furan rings is 1. The van der Waals surface area contributed by atoms with Crippen LogP contribution in [0.2, 0.25) is 0 Å². The summed E-state index contributed by atoms with van der Waals surface area (Å²) in [4.78, 5) is 17.4. The summed E-state index contributed by atoms with van der Waals surface area (Å²) >= 11 is 0. The van der Waals surface area contributed by atoms with Crippen LogP contribution in [0.1, 0.15) is 34.5 Å². The number of benzene rings is 2. The van der Waals surface area contributed by atoms with Gasteiger partial charge in [-0.2, -0.15) is 0 Å². The van der Waals surface area contributed by atoms with Crippen molar-refractivity contribution in [1.82, 2.24) is 4.90 Å². The minimum Gasteiger partial charge on any atom is -0.451 e. The maximum atomic E-state index is 13.5. The molecule has 1 atom stereocenters. The summed E-state index contributed by atoms with van der Waals surface area (Å²) in [6.07, 6.45) is 2.13. The lowest BCUT2D eigenvalue weighted by molar-refractivity contribution is 0.0485. The first-order valence-electron chi connectivity index (χ1n) is 10.2. The Morgan fingerprint density at radius 3 is 2.52 bits per heavy atom. The molecule has 1 aromatic heterocycles. The lowest BCUT2D eigenvalue weighted by Crippen LogP contribution is -2.37. The van der Waals surface area contributed by atoms with Gasteiger partial charge < -0.3 is 19.0 Å². The third-order valence-corrected chi connectivity index (χ3v) is 5.60. The molecule has 4 rings (SSSR count). The third kappa shape index (κ3) is 4.15. The van der Waals surface area contributed by atoms with Crippen LogP contribution in [-0.2, 0) is 11.3 Å². The molecule has 0 saturated carbocycles. The Hall–Kier alpha value is -2.79. The van der Waals surface area contributed by atoms with Crippen LogP contribution in [0.5, 0.6) is 0 Å². The monoisotopic (exact) mass is 392 g/mol. The van der Waals surface area contributed by atoms with Crippen LogP contribution >= 0.6 is 0 Å². The molecule has 29 heavy (non-hydrogen) atoms. The first-order chi connectivity index (χ1) is 14.0. The highest BCUT2D eigenvalue weighted by atomic mass is 16.5. The van der Waals surface area contributed by atoms with Crippen LogP contribution in [0.25, 0.3) is 11.0 Å². The number of para-hydroxylation sites is 1. The highest BCUT2D eigenvalue weighted by molar-refractivity contribution is 5.98. The second-order valence-electron chi connectivity index (χ2n) is 7.93. The fraction of sp³-hybridized carbons (Fsp3) is 0.375. The van der Waals surface area contributed by atoms with Gasteiger partial charge in [0.1, 0.15) is 5.58 Å². The standard InChI is InChI=1S/C24H28N2O3/c1-17-21-8-4-5-9-22(21)29-23(17)24(27)26(16-20-7-6-14-28-20)15-18-10-12-19(13-11-18)25(2)3/h4-5,8-13,20H,6-7,14-16H2,1-3H3/t20-/m1/s1. The van der Waals surface area contributed by atoms with Gasteiger partial charge in [0.25, 0.3) is 5.91 Å². The average molecular weight is 392 g/mol. The van der Waals surface area contributed by atoms with E-state index >= 15 is 0 Å². The molecule has 1 aliphatic heterocycles. The van der Waals surface area contributed by atoms with Crippen LogP contribution in [-0.4, -0.2) is 44.2 Å². The number of amides is 1. The molecule has 2 aromatic carbocycles. The van der Waals surface area contributed by atoms with Gasteiger partial charge in [-0.1, -0.05) is 30.3 Å². The summed E-state index contributed by atoms with van der Waals surface area (Å²) in [7, 11) is 4.04. The number of aryl methyl sites for hydroxylation is 1. The minimum absolute atomic E-state index is 0.0779. The number of carbonyl (C=O) groups is 1. The van der Waals surface area contributed by atoms with E-state index in [1.165, 1.54) is 0 Å². The van der Waals surface area contributed by atoms with Crippen LogP contribution in [0.4, 0.5) is 5.69 Å². The van der Waals surface area contributed by atoms with E-state index in [1.807, 2.05) is 50.2 Å². The molecule has 0 aliphatic carbocycles. The lowest BCUT2D eigenvalue weighted by atomic mass is 10.1. The zero-order chi connectivity index (χ0) is 20.4. The number of carbonyl (C=O) groups excluding carboxylic acids is 1. The maximum absolute atomic E-state index is 13.5. The molecular formula is C24H28N2O3. The molecule has 0 spiro atoms. The predicted molar refractivity (Wildman–Crippen MR) is 115 cm³/mol. The summed E-state index contributed by atoms with van der Waals surface area (Å²) in [6.45, 7) is 3.83. The molecule has 1 amide bonds. The Kier molecular flexibility index (Phi) is 5.58. The van der Waals surface area contributed by atoms with Crippen LogP contribution < -0.4 is 4.90 Å². The number of nitrogens with zero attached hydrogens (tertiary/aromatic N) is 2. The molecule has 5 nitrogen and oxygen atoms in total. The topological polar surface area (TPSA) is 45.9 Å². The van der Waals surface area contributed by atoms with E-state index in [-0.39, 0.29) is 12.0 Å². The van der Waals surface area contributed by atoms with Crippen molar-refractivity contribution in [2.45, 2.75) is 32.4 Å². The normalized spacial score (nSPS) is 16.3. The van der Waals surface area contributed by atoms with Gasteiger partial charge in [0, 0.05) is 50.4 Å². The number of rotatable bonds is 6. The number of fused-ring (bicyclic) bond motifs is 1. The maximum Gasteiger partial charge on any atom is 0.290 e. The van der Waals surface area contributed by atoms with E-state index in [4.69, 9.17) is 9.15 Å². The largest absolute Gasteiger partial charge is 0.451 e. The molecular weight excluding hydrogens is 364 g/mol. The molecule has 1 saturated heterocycles. The van der Waals surface area contributed by atoms with E-state index in [1.54, 1.807) is 0 Å². The number of hydrogen-bond acceptors (Lipinski definition) is 4. The summed E-state index contributed by atoms with van der Waals surface area (Å²) < 4.78 is 11.8. The number of hydrogen-bond donors (Lipinski definition) is 0. The fourth-order valence-electron chi connectivity index (χ4n) is 3.90. The van der Waals surface area contributed by atoms with Crippen molar-refractivity contribution in [2.24, 2.45) is 0 Å². The Balaban J connectivity index is 1.61. The van der Waals surface area contributed by atoms with E-state index in [0.29, 0.717) is 18.8 Å². The van der Waals surface area contributed by atoms with Crippen LogP contribution in [0.15, 0.2) is 52.9 Å². The van der Waals surface area contributed by atoms with Gasteiger partial charge >= 0.3 is 0 Å². The van der Waals surface area contributed by atoms with Gasteiger partial charge in [-0.05, 0) is 43.5 Å². The highest BCUT2D eigenvalue weighted by Crippen LogP contribution is 2.27. The van der Waals surface area contributed by atoms with Gasteiger partial charge in [0.2, 0.25) is 0 Å². The van der Waals surface area contributed by atoms with Gasteiger partial charge in [-0.3, -0.25) is 4.79 Å². The summed E-state index contributed by atoms with van der Waals surface area (Å²) in [5.74, 6) is 0.347. The SMILES string of the molecule is Cc1c(C(=O)N(Cc2ccc(N(C)C)cc2)C[C@H]2CCCO2)oc2ccccc12. The van der Waals surface area contributed by atoms with Crippen molar-refractivity contribution in [3.63, 3.8) is 0 Å². The summed E-state index contributed by atoms with van der Waals surface area (Å²) in [5.41, 5.74) is 3.88. The van der Waals surface area contributed by atoms with Crippen molar-refractivity contribution in [3.8, 4) is 0 Å². The number of anilines is 1. The smallest absolute Gasteiger partial charge is 0.290 e. The van der Waals surface area contributed by atoms with E-state index < -0.39 is 0 Å². The predicted octanol–water partition coefficient (Wildman–Crippen LogP) is 4.63. The Morgan fingerprint density at radius 2 is 1.86 bits per heavy atom. The van der Waals surface area contributed by atoms with Crippen LogP contribution in [0, 0.1) is 6.92 Å². The van der Waals surface area contributed by atoms with Crippen molar-refractivity contribution in [3.05, 3.63) is 65.4 Å². The zero-order valence-electron chi connectivity index (χ0n) is 17.4. The highest BCUT2D eigenvalue weighted by Gasteiger charge is 2.27. The summed E-state index contributed by atoms with van der Waals surface area (Å²) in [5, 5.41) is 0.989. The average Bonchev–Trinajstić information content (AvgIpc) is 3.35. The molecule has 1 aliphatic rings. The van der Waals surface area contributed by atoms with Gasteiger partial charge in [0.15, 0.2) is 5.76 Å². The van der Waals surface area contributed by atoms with E-state index in [2.05, 4.69) is 29.2 Å². The molecule has 152 valence electrons. The molecule has 2 heterocycles. The van der Waals surface area contributed by atoms with Gasteiger partial charge in [0.05, 0.1) is 6.10 Å². The fourth-order valence-corrected chi connectivity index (χ4v) is 3.90. The second kappa shape index (κ2) is 8.29. The molecule has 0 N–H and O–H groups in total. The minimum atomic E-state index is -0.0779. The lowest BCUT2D eigenvalue weighted by Gasteiger charge is -2.25. The van der Waals surface area contributed by atoms with Crippen molar-refractivity contribution in [2.75, 3.05) is 32.1 Å². The molecule has 1 fully saturated rings. The Labute approximate surface area is 171 Å². The molecule has 5 heteroatoms. The Bertz CT molecular complexity index is 985. The first-order valence-corrected chi connectivity index (χ1v) is 10.2. The van der Waals surface area contributed by atoms with Crippen molar-refractivity contribution in [1.29, 1.82) is 0 Å². The molecule has 0 unspecified atom stereocenters. The quantitative estimate of drug-likeness (QED) is 0.614. The third-order valence-electron chi connectivity index (χ3n) is 5.60. The van der Waals surface area contributed by atoms with Gasteiger partial charge in [-0.25, -0.2) is 0 Å². The molecule has 0 radical (unpaired) electrons. The molecule has 0 bridgehead atoms. The zero-order valence-corrected chi connectivity index (χ0v) is 17.4. The van der Waals surface area contributed by atoms with E-state index in [0.717, 1.165) is 47.2 Å². The van der Waals surface area contributed by atoms with Crippen molar-refractivity contribution >= 4 is 22.6 Å². The van der Waals surface area contributed by atoms with Gasteiger partial charge in [-0.15, -0.1) is 0 Å². The number of ether oxygens (including phenoxy) is 1. The summed E-state index contributed by atoms with van der Waals surface area (Å²) in [6, 6.07) is 16.1. The van der Waals surface area contributed by atoms with E-state index in [9.17, 15) is 4.79 Å². The Morgan fingerprint density at radius 1 is 1.10 bits per heavy atom. The first kappa shape index (κ1) is 19.5. The molecule has 3 aromatic rings. The van der Waals surface area contributed by atoms with Crippen LogP contribution in [0.3, 0.4) is 0 Å². The second-order valence-corrected chi connectivity index (χ2v) is 7.93. The van der Waals surface area contributed by atoms with Crippen molar-refractivity contribution < 1.29 is 13.9 Å².